The third-order valence-electron chi connectivity index (χ3n) is 4.83. The first-order valence-electron chi connectivity index (χ1n) is 7.00. The molecule has 0 saturated heterocycles. The summed E-state index contributed by atoms with van der Waals surface area (Å²) in [6.45, 7) is 7.76. The van der Waals surface area contributed by atoms with Crippen LogP contribution >= 0.6 is 0 Å². The van der Waals surface area contributed by atoms with Crippen LogP contribution in [0, 0.1) is 5.41 Å². The normalized spacial score (nSPS) is 35.1. The Morgan fingerprint density at radius 1 is 1.19 bits per heavy atom. The van der Waals surface area contributed by atoms with E-state index in [2.05, 4.69) is 25.7 Å². The molecule has 1 N–H and O–H groups in total. The van der Waals surface area contributed by atoms with Crippen LogP contribution in [0.25, 0.3) is 0 Å². The molecule has 0 spiro atoms. The summed E-state index contributed by atoms with van der Waals surface area (Å²) in [6, 6.07) is 1.17. The third-order valence-corrected chi connectivity index (χ3v) is 4.83. The van der Waals surface area contributed by atoms with Gasteiger partial charge in [-0.25, -0.2) is 0 Å². The zero-order valence-electron chi connectivity index (χ0n) is 11.1. The van der Waals surface area contributed by atoms with Gasteiger partial charge in [0.2, 0.25) is 0 Å². The molecule has 16 heavy (non-hydrogen) atoms. The highest BCUT2D eigenvalue weighted by Crippen LogP contribution is 2.41. The minimum atomic E-state index is -0.131. The van der Waals surface area contributed by atoms with Crippen molar-refractivity contribution in [1.82, 2.24) is 4.90 Å². The molecule has 0 amide bonds. The van der Waals surface area contributed by atoms with Gasteiger partial charge in [0.25, 0.3) is 0 Å². The molecule has 2 rings (SSSR count). The van der Waals surface area contributed by atoms with E-state index in [0.717, 1.165) is 12.6 Å². The molecule has 94 valence electrons. The van der Waals surface area contributed by atoms with Crippen molar-refractivity contribution in [3.63, 3.8) is 0 Å². The average molecular weight is 225 g/mol. The Kier molecular flexibility index (Phi) is 3.60. The summed E-state index contributed by atoms with van der Waals surface area (Å²) in [5.41, 5.74) is 0.122. The SMILES string of the molecule is CCN(C1CCCC1)C1CCC(C)(C)C1O. The lowest BCUT2D eigenvalue weighted by Crippen LogP contribution is -2.48. The van der Waals surface area contributed by atoms with E-state index in [4.69, 9.17) is 0 Å². The van der Waals surface area contributed by atoms with Crippen molar-refractivity contribution in [2.75, 3.05) is 6.54 Å². The van der Waals surface area contributed by atoms with Crippen LogP contribution in [-0.2, 0) is 0 Å². The summed E-state index contributed by atoms with van der Waals surface area (Å²) in [5.74, 6) is 0. The molecular weight excluding hydrogens is 198 g/mol. The Hall–Kier alpha value is -0.0800. The highest BCUT2D eigenvalue weighted by Gasteiger charge is 2.44. The fourth-order valence-electron chi connectivity index (χ4n) is 3.69. The summed E-state index contributed by atoms with van der Waals surface area (Å²) in [7, 11) is 0. The quantitative estimate of drug-likeness (QED) is 0.798. The minimum absolute atomic E-state index is 0.122. The van der Waals surface area contributed by atoms with Gasteiger partial charge < -0.3 is 5.11 Å². The van der Waals surface area contributed by atoms with E-state index in [0.29, 0.717) is 6.04 Å². The second-order valence-electron chi connectivity index (χ2n) is 6.31. The number of likely N-dealkylation sites (N-methyl/N-ethyl adjacent to an activating group) is 1. The molecule has 2 nitrogen and oxygen atoms in total. The lowest BCUT2D eigenvalue weighted by atomic mass is 9.88. The Morgan fingerprint density at radius 3 is 2.25 bits per heavy atom. The number of nitrogens with zero attached hydrogens (tertiary/aromatic N) is 1. The zero-order valence-corrected chi connectivity index (χ0v) is 11.1. The van der Waals surface area contributed by atoms with E-state index in [-0.39, 0.29) is 11.5 Å². The maximum Gasteiger partial charge on any atom is 0.0746 e. The van der Waals surface area contributed by atoms with Gasteiger partial charge in [-0.05, 0) is 37.6 Å². The molecule has 2 aliphatic carbocycles. The molecule has 2 aliphatic rings. The standard InChI is InChI=1S/C14H27NO/c1-4-15(11-7-5-6-8-11)12-9-10-14(2,3)13(12)16/h11-13,16H,4-10H2,1-3H3. The van der Waals surface area contributed by atoms with Crippen molar-refractivity contribution in [1.29, 1.82) is 0 Å². The molecule has 0 aromatic heterocycles. The number of hydrogen-bond donors (Lipinski definition) is 1. The smallest absolute Gasteiger partial charge is 0.0746 e. The number of hydrogen-bond acceptors (Lipinski definition) is 2. The van der Waals surface area contributed by atoms with Crippen molar-refractivity contribution in [2.24, 2.45) is 5.41 Å². The molecule has 0 aliphatic heterocycles. The molecule has 0 heterocycles. The van der Waals surface area contributed by atoms with Crippen LogP contribution in [0.5, 0.6) is 0 Å². The molecule has 0 aromatic rings. The molecule has 2 atom stereocenters. The first-order chi connectivity index (χ1) is 7.56. The monoisotopic (exact) mass is 225 g/mol. The fourth-order valence-corrected chi connectivity index (χ4v) is 3.69. The van der Waals surface area contributed by atoms with Crippen LogP contribution in [0.3, 0.4) is 0 Å². The maximum atomic E-state index is 10.4. The molecule has 2 unspecified atom stereocenters. The summed E-state index contributed by atoms with van der Waals surface area (Å²) in [6.07, 6.45) is 7.67. The molecule has 0 bridgehead atoms. The average Bonchev–Trinajstić information content (AvgIpc) is 2.83. The van der Waals surface area contributed by atoms with Gasteiger partial charge in [0.15, 0.2) is 0 Å². The molecule has 2 saturated carbocycles. The minimum Gasteiger partial charge on any atom is -0.391 e. The van der Waals surface area contributed by atoms with E-state index in [1.54, 1.807) is 0 Å². The van der Waals surface area contributed by atoms with Crippen molar-refractivity contribution in [3.8, 4) is 0 Å². The zero-order chi connectivity index (χ0) is 11.8. The molecular formula is C14H27NO. The van der Waals surface area contributed by atoms with Crippen LogP contribution in [0.4, 0.5) is 0 Å². The molecule has 2 fully saturated rings. The second kappa shape index (κ2) is 4.66. The maximum absolute atomic E-state index is 10.4. The van der Waals surface area contributed by atoms with Crippen LogP contribution in [0.2, 0.25) is 0 Å². The summed E-state index contributed by atoms with van der Waals surface area (Å²) in [5, 5.41) is 10.4. The van der Waals surface area contributed by atoms with Crippen molar-refractivity contribution >= 4 is 0 Å². The third kappa shape index (κ3) is 2.14. The van der Waals surface area contributed by atoms with E-state index >= 15 is 0 Å². The first kappa shape index (κ1) is 12.4. The van der Waals surface area contributed by atoms with Gasteiger partial charge in [0.1, 0.15) is 0 Å². The van der Waals surface area contributed by atoms with Crippen LogP contribution < -0.4 is 0 Å². The van der Waals surface area contributed by atoms with Crippen molar-refractivity contribution in [2.45, 2.75) is 77.5 Å². The topological polar surface area (TPSA) is 23.5 Å². The summed E-state index contributed by atoms with van der Waals surface area (Å²) >= 11 is 0. The van der Waals surface area contributed by atoms with Crippen LogP contribution in [-0.4, -0.2) is 34.7 Å². The summed E-state index contributed by atoms with van der Waals surface area (Å²) < 4.78 is 0. The Labute approximate surface area is 100 Å². The highest BCUT2D eigenvalue weighted by molar-refractivity contribution is 4.98. The van der Waals surface area contributed by atoms with Gasteiger partial charge in [-0.15, -0.1) is 0 Å². The van der Waals surface area contributed by atoms with E-state index in [9.17, 15) is 5.11 Å². The van der Waals surface area contributed by atoms with Crippen LogP contribution in [0.15, 0.2) is 0 Å². The predicted molar refractivity (Wildman–Crippen MR) is 67.4 cm³/mol. The van der Waals surface area contributed by atoms with Crippen molar-refractivity contribution in [3.05, 3.63) is 0 Å². The fraction of sp³-hybridized carbons (Fsp3) is 1.00. The second-order valence-corrected chi connectivity index (χ2v) is 6.31. The van der Waals surface area contributed by atoms with Crippen LogP contribution in [0.1, 0.15) is 59.3 Å². The van der Waals surface area contributed by atoms with E-state index in [1.807, 2.05) is 0 Å². The van der Waals surface area contributed by atoms with Gasteiger partial charge in [0, 0.05) is 12.1 Å². The van der Waals surface area contributed by atoms with E-state index in [1.165, 1.54) is 38.5 Å². The Morgan fingerprint density at radius 2 is 1.81 bits per heavy atom. The highest BCUT2D eigenvalue weighted by atomic mass is 16.3. The molecule has 2 heteroatoms. The van der Waals surface area contributed by atoms with Crippen molar-refractivity contribution < 1.29 is 5.11 Å². The number of rotatable bonds is 3. The largest absolute Gasteiger partial charge is 0.391 e. The molecule has 0 radical (unpaired) electrons. The number of aliphatic hydroxyl groups excluding tert-OH is 1. The number of aliphatic hydroxyl groups is 1. The predicted octanol–water partition coefficient (Wildman–Crippen LogP) is 2.80. The Balaban J connectivity index is 2.04. The summed E-state index contributed by atoms with van der Waals surface area (Å²) in [4.78, 5) is 2.59. The molecule has 0 aromatic carbocycles. The van der Waals surface area contributed by atoms with Gasteiger partial charge in [0.05, 0.1) is 6.10 Å². The van der Waals surface area contributed by atoms with Gasteiger partial charge in [-0.3, -0.25) is 4.90 Å². The van der Waals surface area contributed by atoms with Gasteiger partial charge >= 0.3 is 0 Å². The lowest BCUT2D eigenvalue weighted by molar-refractivity contribution is 0.00133. The van der Waals surface area contributed by atoms with E-state index < -0.39 is 0 Å². The lowest BCUT2D eigenvalue weighted by Gasteiger charge is -2.37. The Bertz CT molecular complexity index is 233. The first-order valence-corrected chi connectivity index (χ1v) is 7.00. The van der Waals surface area contributed by atoms with Gasteiger partial charge in [-0.1, -0.05) is 33.6 Å². The van der Waals surface area contributed by atoms with Gasteiger partial charge in [-0.2, -0.15) is 0 Å².